The van der Waals surface area contributed by atoms with E-state index in [0.717, 1.165) is 31.6 Å². The zero-order valence-corrected chi connectivity index (χ0v) is 11.6. The first kappa shape index (κ1) is 11.0. The number of para-hydroxylation sites is 2. The molecule has 0 amide bonds. The maximum atomic E-state index is 12.3. The second-order valence-corrected chi connectivity index (χ2v) is 6.01. The summed E-state index contributed by atoms with van der Waals surface area (Å²) in [6, 6.07) is 16.1. The topological polar surface area (TPSA) is 50.2 Å². The summed E-state index contributed by atoms with van der Waals surface area (Å²) in [5, 5.41) is 1.05. The summed E-state index contributed by atoms with van der Waals surface area (Å²) in [6.45, 7) is 0. The molecule has 5 heteroatoms. The van der Waals surface area contributed by atoms with Crippen LogP contribution in [0, 0.1) is 0 Å². The number of fused-ring (bicyclic) bond motifs is 7. The van der Waals surface area contributed by atoms with E-state index in [9.17, 15) is 4.79 Å². The highest BCUT2D eigenvalue weighted by atomic mass is 32.1. The second-order valence-electron chi connectivity index (χ2n) is 5.00. The Morgan fingerprint density at radius 3 is 2.81 bits per heavy atom. The van der Waals surface area contributed by atoms with E-state index >= 15 is 0 Å². The van der Waals surface area contributed by atoms with E-state index in [1.807, 2.05) is 36.4 Å². The Morgan fingerprint density at radius 2 is 1.86 bits per heavy atom. The van der Waals surface area contributed by atoms with Gasteiger partial charge in [-0.15, -0.1) is 0 Å². The van der Waals surface area contributed by atoms with Gasteiger partial charge in [-0.2, -0.15) is 4.98 Å². The van der Waals surface area contributed by atoms with Crippen LogP contribution in [0.2, 0.25) is 0 Å². The number of H-pyrrole nitrogens is 1. The van der Waals surface area contributed by atoms with Crippen LogP contribution in [0.15, 0.2) is 53.3 Å². The molecule has 2 aromatic carbocycles. The van der Waals surface area contributed by atoms with Gasteiger partial charge in [0.05, 0.1) is 15.7 Å². The molecule has 4 nitrogen and oxygen atoms in total. The molecule has 0 saturated carbocycles. The lowest BCUT2D eigenvalue weighted by atomic mass is 10.2. The van der Waals surface area contributed by atoms with Gasteiger partial charge in [-0.25, -0.2) is 0 Å². The van der Waals surface area contributed by atoms with Crippen molar-refractivity contribution in [2.45, 2.75) is 0 Å². The Labute approximate surface area is 122 Å². The lowest BCUT2D eigenvalue weighted by Gasteiger charge is -1.98. The van der Waals surface area contributed by atoms with E-state index in [1.54, 1.807) is 11.3 Å². The lowest BCUT2D eigenvalue weighted by Crippen LogP contribution is -2.08. The molecule has 100 valence electrons. The number of hydrogen-bond donors (Lipinski definition) is 1. The van der Waals surface area contributed by atoms with Crippen LogP contribution in [-0.4, -0.2) is 14.4 Å². The minimum Gasteiger partial charge on any atom is -0.349 e. The van der Waals surface area contributed by atoms with Crippen LogP contribution < -0.4 is 5.56 Å². The summed E-state index contributed by atoms with van der Waals surface area (Å²) < 4.78 is 3.21. The van der Waals surface area contributed by atoms with Crippen LogP contribution in [-0.2, 0) is 0 Å². The van der Waals surface area contributed by atoms with Gasteiger partial charge in [-0.1, -0.05) is 41.7 Å². The highest BCUT2D eigenvalue weighted by Gasteiger charge is 2.15. The third-order valence-corrected chi connectivity index (χ3v) is 4.83. The van der Waals surface area contributed by atoms with E-state index < -0.39 is 0 Å². The highest BCUT2D eigenvalue weighted by Crippen LogP contribution is 2.30. The molecule has 1 N–H and O–H groups in total. The largest absolute Gasteiger partial charge is 0.349 e. The molecule has 5 rings (SSSR count). The predicted molar refractivity (Wildman–Crippen MR) is 86.2 cm³/mol. The van der Waals surface area contributed by atoms with Gasteiger partial charge < -0.3 is 4.98 Å². The van der Waals surface area contributed by atoms with Crippen LogP contribution in [0.1, 0.15) is 0 Å². The molecule has 21 heavy (non-hydrogen) atoms. The van der Waals surface area contributed by atoms with E-state index in [4.69, 9.17) is 0 Å². The first-order chi connectivity index (χ1) is 10.3. The van der Waals surface area contributed by atoms with E-state index in [-0.39, 0.29) is 5.56 Å². The van der Waals surface area contributed by atoms with Crippen LogP contribution in [0.25, 0.3) is 37.1 Å². The summed E-state index contributed by atoms with van der Waals surface area (Å²) in [5.41, 5.74) is 3.32. The van der Waals surface area contributed by atoms with Crippen molar-refractivity contribution >= 4 is 48.5 Å². The Balaban J connectivity index is 2.24. The summed E-state index contributed by atoms with van der Waals surface area (Å²) in [6.07, 6.45) is 0. The highest BCUT2D eigenvalue weighted by molar-refractivity contribution is 7.23. The third-order valence-electron chi connectivity index (χ3n) is 3.81. The van der Waals surface area contributed by atoms with Gasteiger partial charge in [0.15, 0.2) is 4.96 Å². The van der Waals surface area contributed by atoms with Crippen molar-refractivity contribution < 1.29 is 0 Å². The van der Waals surface area contributed by atoms with Crippen molar-refractivity contribution in [1.29, 1.82) is 0 Å². The Hall–Kier alpha value is -2.66. The molecule has 5 aromatic rings. The van der Waals surface area contributed by atoms with E-state index in [2.05, 4.69) is 26.5 Å². The van der Waals surface area contributed by atoms with Crippen molar-refractivity contribution in [2.75, 3.05) is 0 Å². The minimum absolute atomic E-state index is 0.201. The van der Waals surface area contributed by atoms with Crippen LogP contribution >= 0.6 is 11.3 Å². The van der Waals surface area contributed by atoms with Crippen molar-refractivity contribution in [3.8, 4) is 0 Å². The maximum Gasteiger partial charge on any atom is 0.298 e. The molecule has 0 spiro atoms. The number of hydrogen-bond acceptors (Lipinski definition) is 3. The zero-order chi connectivity index (χ0) is 14.0. The van der Waals surface area contributed by atoms with Crippen molar-refractivity contribution in [3.63, 3.8) is 0 Å². The molecular formula is C16H9N3OS. The normalized spacial score (nSPS) is 12.0. The van der Waals surface area contributed by atoms with Crippen LogP contribution in [0.5, 0.6) is 0 Å². The third kappa shape index (κ3) is 1.33. The number of nitrogens with one attached hydrogen (secondary N) is 1. The predicted octanol–water partition coefficient (Wildman–Crippen LogP) is 3.54. The number of rotatable bonds is 0. The second kappa shape index (κ2) is 3.71. The van der Waals surface area contributed by atoms with Crippen molar-refractivity contribution in [3.05, 3.63) is 58.9 Å². The smallest absolute Gasteiger partial charge is 0.298 e. The molecule has 0 aliphatic heterocycles. The van der Waals surface area contributed by atoms with Crippen molar-refractivity contribution in [1.82, 2.24) is 14.4 Å². The average molecular weight is 291 g/mol. The summed E-state index contributed by atoms with van der Waals surface area (Å²) in [5.74, 6) is 0. The molecular weight excluding hydrogens is 282 g/mol. The van der Waals surface area contributed by atoms with Gasteiger partial charge >= 0.3 is 0 Å². The quantitative estimate of drug-likeness (QED) is 0.474. The van der Waals surface area contributed by atoms with Gasteiger partial charge in [0.1, 0.15) is 5.52 Å². The lowest BCUT2D eigenvalue weighted by molar-refractivity contribution is 1.21. The van der Waals surface area contributed by atoms with Crippen LogP contribution in [0.4, 0.5) is 0 Å². The zero-order valence-electron chi connectivity index (χ0n) is 10.8. The molecule has 0 bridgehead atoms. The molecule has 0 fully saturated rings. The van der Waals surface area contributed by atoms with Gasteiger partial charge in [0, 0.05) is 10.9 Å². The van der Waals surface area contributed by atoms with Gasteiger partial charge in [-0.3, -0.25) is 9.20 Å². The number of aromatic nitrogens is 3. The fourth-order valence-corrected chi connectivity index (χ4v) is 3.94. The number of thiazole rings is 1. The monoisotopic (exact) mass is 291 g/mol. The fourth-order valence-electron chi connectivity index (χ4n) is 2.92. The number of benzene rings is 2. The summed E-state index contributed by atoms with van der Waals surface area (Å²) in [4.78, 5) is 20.5. The molecule has 0 saturated heterocycles. The fraction of sp³-hybridized carbons (Fsp3) is 0. The molecule has 3 heterocycles. The standard InChI is InChI=1S/C16H9N3OS/c20-15-13-14(9-5-1-2-6-10(9)17-13)19-11-7-3-4-8-12(11)21-16(19)18-15/h1-8,17H. The number of aromatic amines is 1. The van der Waals surface area contributed by atoms with Gasteiger partial charge in [0.25, 0.3) is 5.56 Å². The molecule has 0 atom stereocenters. The summed E-state index contributed by atoms with van der Waals surface area (Å²) in [7, 11) is 0. The van der Waals surface area contributed by atoms with Crippen molar-refractivity contribution in [2.24, 2.45) is 0 Å². The molecule has 0 aliphatic rings. The molecule has 0 radical (unpaired) electrons. The average Bonchev–Trinajstić information content (AvgIpc) is 3.05. The van der Waals surface area contributed by atoms with E-state index in [0.29, 0.717) is 5.52 Å². The summed E-state index contributed by atoms with van der Waals surface area (Å²) >= 11 is 1.54. The maximum absolute atomic E-state index is 12.3. The molecule has 0 aliphatic carbocycles. The SMILES string of the molecule is O=c1nc2sc3ccccc3n2c2c1[nH]c1ccccc12. The minimum atomic E-state index is -0.201. The first-order valence-electron chi connectivity index (χ1n) is 6.64. The van der Waals surface area contributed by atoms with Crippen LogP contribution in [0.3, 0.4) is 0 Å². The first-order valence-corrected chi connectivity index (χ1v) is 7.45. The Morgan fingerprint density at radius 1 is 1.05 bits per heavy atom. The van der Waals surface area contributed by atoms with Gasteiger partial charge in [-0.05, 0) is 18.2 Å². The Bertz CT molecular complexity index is 1210. The number of nitrogens with zero attached hydrogens (tertiary/aromatic N) is 2. The van der Waals surface area contributed by atoms with Gasteiger partial charge in [0.2, 0.25) is 0 Å². The molecule has 0 unspecified atom stereocenters. The van der Waals surface area contributed by atoms with E-state index in [1.165, 1.54) is 0 Å². The Kier molecular flexibility index (Phi) is 1.95. The molecule has 3 aromatic heterocycles.